The molecule has 0 aromatic heterocycles. The SMILES string of the molecule is CC.N#Cc1ccc2cc3c(=O)[nH]c(=O)nc-3n(-c3ccc(Oc4ccccc4)cc3)c2c1. The molecule has 2 heterocycles. The summed E-state index contributed by atoms with van der Waals surface area (Å²) in [5.74, 6) is 1.56. The zero-order chi connectivity index (χ0) is 23.4. The number of nitrogens with one attached hydrogen (secondary N) is 1. The van der Waals surface area contributed by atoms with Crippen molar-refractivity contribution in [3.05, 3.63) is 105 Å². The first-order valence-electron chi connectivity index (χ1n) is 10.5. The molecule has 1 N–H and O–H groups in total. The summed E-state index contributed by atoms with van der Waals surface area (Å²) in [7, 11) is 0. The van der Waals surface area contributed by atoms with Gasteiger partial charge in [0.1, 0.15) is 11.5 Å². The molecule has 2 aliphatic heterocycles. The van der Waals surface area contributed by atoms with Crippen molar-refractivity contribution in [2.45, 2.75) is 13.8 Å². The van der Waals surface area contributed by atoms with E-state index in [1.165, 1.54) is 0 Å². The maximum atomic E-state index is 12.4. The molecule has 7 heteroatoms. The maximum absolute atomic E-state index is 12.4. The van der Waals surface area contributed by atoms with Crippen LogP contribution in [0.25, 0.3) is 28.0 Å². The van der Waals surface area contributed by atoms with E-state index in [2.05, 4.69) is 16.0 Å². The molecule has 3 aromatic rings. The van der Waals surface area contributed by atoms with Crippen molar-refractivity contribution in [1.29, 1.82) is 5.26 Å². The van der Waals surface area contributed by atoms with Gasteiger partial charge in [0.25, 0.3) is 5.56 Å². The Morgan fingerprint density at radius 2 is 1.61 bits per heavy atom. The normalized spacial score (nSPS) is 10.3. The van der Waals surface area contributed by atoms with Gasteiger partial charge in [-0.05, 0) is 60.0 Å². The molecule has 0 fully saturated rings. The number of H-pyrrole nitrogens is 1. The highest BCUT2D eigenvalue weighted by atomic mass is 16.5. The van der Waals surface area contributed by atoms with Crippen LogP contribution >= 0.6 is 0 Å². The van der Waals surface area contributed by atoms with E-state index in [0.717, 1.165) is 5.39 Å². The standard InChI is InChI=1S/C24H14N4O3.C2H6/c25-14-15-6-7-16-13-20-22(26-24(30)27-23(20)29)28(21(16)12-15)17-8-10-19(11-9-17)31-18-4-2-1-3-5-18;1-2/h1-13H,(H,27,29,30);1-2H3. The van der Waals surface area contributed by atoms with Crippen LogP contribution in [0.1, 0.15) is 19.4 Å². The molecule has 0 spiro atoms. The Morgan fingerprint density at radius 1 is 0.909 bits per heavy atom. The summed E-state index contributed by atoms with van der Waals surface area (Å²) in [4.78, 5) is 30.6. The van der Waals surface area contributed by atoms with Gasteiger partial charge < -0.3 is 4.74 Å². The van der Waals surface area contributed by atoms with Gasteiger partial charge in [0.05, 0.1) is 22.7 Å². The van der Waals surface area contributed by atoms with Crippen molar-refractivity contribution in [2.75, 3.05) is 0 Å². The first kappa shape index (κ1) is 21.5. The lowest BCUT2D eigenvalue weighted by atomic mass is 10.1. The van der Waals surface area contributed by atoms with Crippen LogP contribution in [0.15, 0.2) is 88.5 Å². The molecule has 0 bridgehead atoms. The van der Waals surface area contributed by atoms with E-state index < -0.39 is 11.2 Å². The first-order valence-corrected chi connectivity index (χ1v) is 10.5. The van der Waals surface area contributed by atoms with Crippen molar-refractivity contribution in [1.82, 2.24) is 14.5 Å². The van der Waals surface area contributed by atoms with Crippen molar-refractivity contribution < 1.29 is 4.74 Å². The average Bonchev–Trinajstić information content (AvgIpc) is 2.85. The number of para-hydroxylation sites is 1. The predicted octanol–water partition coefficient (Wildman–Crippen LogP) is 4.87. The Hall–Kier alpha value is -4.70. The first-order chi connectivity index (χ1) is 16.1. The zero-order valence-electron chi connectivity index (χ0n) is 18.1. The number of fused-ring (bicyclic) bond motifs is 2. The fourth-order valence-corrected chi connectivity index (χ4v) is 3.50. The van der Waals surface area contributed by atoms with Gasteiger partial charge in [-0.15, -0.1) is 0 Å². The third kappa shape index (κ3) is 4.23. The lowest BCUT2D eigenvalue weighted by Gasteiger charge is -2.18. The minimum Gasteiger partial charge on any atom is -0.457 e. The highest BCUT2D eigenvalue weighted by Crippen LogP contribution is 2.30. The third-order valence-electron chi connectivity index (χ3n) is 4.90. The predicted molar refractivity (Wildman–Crippen MR) is 127 cm³/mol. The molecule has 33 heavy (non-hydrogen) atoms. The molecule has 0 radical (unpaired) electrons. The minimum atomic E-state index is -0.730. The molecule has 0 unspecified atom stereocenters. The smallest absolute Gasteiger partial charge is 0.349 e. The second-order valence-electron chi connectivity index (χ2n) is 6.88. The quantitative estimate of drug-likeness (QED) is 0.407. The van der Waals surface area contributed by atoms with E-state index in [1.807, 2.05) is 56.3 Å². The van der Waals surface area contributed by atoms with Crippen LogP contribution in [-0.4, -0.2) is 14.5 Å². The number of aromatic amines is 1. The number of hydrogen-bond donors (Lipinski definition) is 1. The van der Waals surface area contributed by atoms with Gasteiger partial charge in [-0.3, -0.25) is 14.3 Å². The number of ether oxygens (including phenoxy) is 1. The molecule has 0 amide bonds. The molecule has 0 aliphatic carbocycles. The molecule has 5 rings (SSSR count). The molecule has 0 saturated carbocycles. The summed E-state index contributed by atoms with van der Waals surface area (Å²) < 4.78 is 7.55. The van der Waals surface area contributed by atoms with E-state index in [1.54, 1.807) is 41.0 Å². The van der Waals surface area contributed by atoms with Gasteiger partial charge in [0.15, 0.2) is 5.82 Å². The second-order valence-corrected chi connectivity index (χ2v) is 6.88. The van der Waals surface area contributed by atoms with Crippen molar-refractivity contribution in [3.63, 3.8) is 0 Å². The van der Waals surface area contributed by atoms with Gasteiger partial charge >= 0.3 is 5.69 Å². The molecule has 7 nitrogen and oxygen atoms in total. The van der Waals surface area contributed by atoms with Crippen LogP contribution in [-0.2, 0) is 0 Å². The lowest BCUT2D eigenvalue weighted by molar-refractivity contribution is 0.482. The molecule has 3 aromatic carbocycles. The second kappa shape index (κ2) is 9.20. The topological polar surface area (TPSA) is 101 Å². The van der Waals surface area contributed by atoms with Crippen LogP contribution in [0.4, 0.5) is 0 Å². The van der Waals surface area contributed by atoms with E-state index in [4.69, 9.17) is 4.74 Å². The molecule has 162 valence electrons. The van der Waals surface area contributed by atoms with Crippen LogP contribution in [0.5, 0.6) is 11.5 Å². The number of benzene rings is 3. The highest BCUT2D eigenvalue weighted by molar-refractivity contribution is 5.88. The maximum Gasteiger partial charge on any atom is 0.349 e. The minimum absolute atomic E-state index is 0.216. The monoisotopic (exact) mass is 436 g/mol. The van der Waals surface area contributed by atoms with E-state index in [9.17, 15) is 14.9 Å². The fraction of sp³-hybridized carbons (Fsp3) is 0.0769. The van der Waals surface area contributed by atoms with Crippen molar-refractivity contribution in [2.24, 2.45) is 0 Å². The summed E-state index contributed by atoms with van der Waals surface area (Å²) in [6.45, 7) is 4.00. The van der Waals surface area contributed by atoms with Crippen LogP contribution in [0, 0.1) is 11.3 Å². The number of nitrogens with zero attached hydrogens (tertiary/aromatic N) is 3. The molecule has 0 atom stereocenters. The number of rotatable bonds is 3. The molecular weight excluding hydrogens is 416 g/mol. The molecular formula is C26H20N4O3. The summed E-state index contributed by atoms with van der Waals surface area (Å²) in [5.41, 5.74) is 0.813. The number of aromatic nitrogens is 3. The fourth-order valence-electron chi connectivity index (χ4n) is 3.50. The van der Waals surface area contributed by atoms with Crippen molar-refractivity contribution in [3.8, 4) is 34.6 Å². The van der Waals surface area contributed by atoms with E-state index in [-0.39, 0.29) is 11.4 Å². The Morgan fingerprint density at radius 3 is 2.30 bits per heavy atom. The zero-order valence-corrected chi connectivity index (χ0v) is 18.1. The van der Waals surface area contributed by atoms with Crippen LogP contribution in [0.3, 0.4) is 0 Å². The largest absolute Gasteiger partial charge is 0.457 e. The van der Waals surface area contributed by atoms with Gasteiger partial charge in [-0.2, -0.15) is 10.2 Å². The van der Waals surface area contributed by atoms with Crippen molar-refractivity contribution >= 4 is 10.9 Å². The Balaban J connectivity index is 0.00000126. The number of pyridine rings is 1. The lowest BCUT2D eigenvalue weighted by Crippen LogP contribution is -2.27. The molecule has 0 saturated heterocycles. The van der Waals surface area contributed by atoms with E-state index >= 15 is 0 Å². The summed E-state index contributed by atoms with van der Waals surface area (Å²) in [5, 5.41) is 10.1. The van der Waals surface area contributed by atoms with Gasteiger partial charge in [-0.1, -0.05) is 38.1 Å². The van der Waals surface area contributed by atoms with Gasteiger partial charge in [0, 0.05) is 5.69 Å². The van der Waals surface area contributed by atoms with Crippen LogP contribution in [0.2, 0.25) is 0 Å². The van der Waals surface area contributed by atoms with Gasteiger partial charge in [-0.25, -0.2) is 4.79 Å². The summed E-state index contributed by atoms with van der Waals surface area (Å²) in [6.07, 6.45) is 0. The highest BCUT2D eigenvalue weighted by Gasteiger charge is 2.18. The summed E-state index contributed by atoms with van der Waals surface area (Å²) >= 11 is 0. The third-order valence-corrected chi connectivity index (χ3v) is 4.90. The van der Waals surface area contributed by atoms with E-state index in [0.29, 0.717) is 28.3 Å². The Labute approximate surface area is 189 Å². The molecule has 2 aliphatic rings. The number of nitriles is 1. The number of hydrogen-bond acceptors (Lipinski definition) is 5. The Kier molecular flexibility index (Phi) is 6.00. The summed E-state index contributed by atoms with van der Waals surface area (Å²) in [6, 6.07) is 25.5. The van der Waals surface area contributed by atoms with Gasteiger partial charge in [0.2, 0.25) is 0 Å². The van der Waals surface area contributed by atoms with Crippen LogP contribution < -0.4 is 16.0 Å². The average molecular weight is 436 g/mol. The Bertz CT molecular complexity index is 1550.